The molecule has 18 nitrogen and oxygen atoms in total. The predicted octanol–water partition coefficient (Wildman–Crippen LogP) is 8.37. The average Bonchev–Trinajstić information content (AvgIpc) is 3.32. The van der Waals surface area contributed by atoms with Gasteiger partial charge in [-0.15, -0.1) is 26.3 Å². The lowest BCUT2D eigenvalue weighted by molar-refractivity contribution is -0.275. The second kappa shape index (κ2) is 29.1. The molecule has 0 spiro atoms. The van der Waals surface area contributed by atoms with Crippen molar-refractivity contribution in [2.24, 2.45) is 10.8 Å². The molecule has 462 valence electrons. The lowest BCUT2D eigenvalue weighted by Crippen LogP contribution is -2.54. The van der Waals surface area contributed by atoms with Gasteiger partial charge in [-0.3, -0.25) is 24.0 Å². The molecule has 0 saturated heterocycles. The Kier molecular flexibility index (Phi) is 25.4. The van der Waals surface area contributed by atoms with Gasteiger partial charge >= 0.3 is 36.6 Å². The summed E-state index contributed by atoms with van der Waals surface area (Å²) in [6.07, 6.45) is -19.1. The molecule has 1 N–H and O–H groups in total. The van der Waals surface area contributed by atoms with Crippen LogP contribution in [0.15, 0.2) is 48.5 Å². The zero-order valence-electron chi connectivity index (χ0n) is 49.1. The quantitative estimate of drug-likeness (QED) is 0.0367. The van der Waals surface area contributed by atoms with Gasteiger partial charge in [0.1, 0.15) is 47.0 Å². The Bertz CT molecular complexity index is 2490. The molecule has 0 bridgehead atoms. The molecule has 0 radical (unpaired) electrons. The molecule has 8 atom stereocenters. The smallest absolute Gasteiger partial charge is 0.453 e. The molecule has 0 fully saturated rings. The third-order valence-electron chi connectivity index (χ3n) is 12.3. The Labute approximate surface area is 473 Å². The number of esters is 4. The second-order valence-corrected chi connectivity index (χ2v) is 23.6. The Balaban J connectivity index is 2.58. The van der Waals surface area contributed by atoms with E-state index in [1.54, 1.807) is 20.8 Å². The van der Waals surface area contributed by atoms with E-state index in [9.17, 15) is 64.7 Å². The lowest BCUT2D eigenvalue weighted by Gasteiger charge is -2.36. The van der Waals surface area contributed by atoms with E-state index in [1.165, 1.54) is 26.1 Å². The molecule has 26 heteroatoms. The summed E-state index contributed by atoms with van der Waals surface area (Å²) < 4.78 is 138. The highest BCUT2D eigenvalue weighted by Gasteiger charge is 2.44. The zero-order valence-corrected chi connectivity index (χ0v) is 49.1. The molecule has 0 aliphatic carbocycles. The summed E-state index contributed by atoms with van der Waals surface area (Å²) in [5.74, 6) is -9.11. The van der Waals surface area contributed by atoms with Crippen LogP contribution in [0.5, 0.6) is 11.5 Å². The Hall–Kier alpha value is -6.60. The van der Waals surface area contributed by atoms with Gasteiger partial charge in [0, 0.05) is 46.8 Å². The predicted molar refractivity (Wildman–Crippen MR) is 281 cm³/mol. The van der Waals surface area contributed by atoms with Crippen molar-refractivity contribution in [1.29, 1.82) is 0 Å². The first-order chi connectivity index (χ1) is 37.2. The van der Waals surface area contributed by atoms with Gasteiger partial charge in [-0.1, -0.05) is 65.8 Å². The molecule has 2 aromatic carbocycles. The average molecular weight is 1180 g/mol. The molecule has 2 rings (SSSR count). The van der Waals surface area contributed by atoms with Crippen LogP contribution < -0.4 is 14.8 Å². The fourth-order valence-corrected chi connectivity index (χ4v) is 8.27. The van der Waals surface area contributed by atoms with Gasteiger partial charge in [-0.05, 0) is 108 Å². The molecule has 82 heavy (non-hydrogen) atoms. The van der Waals surface area contributed by atoms with Crippen molar-refractivity contribution < 1.29 is 102 Å². The van der Waals surface area contributed by atoms with Gasteiger partial charge in [0.2, 0.25) is 0 Å². The SMILES string of the molecule is CN[C@@H](CC(C)(C)C)C(=O)O[C@H](C)C(=O)N(C)[C@@H](CC(C)(C)F)C(=O)O[C@H](Cc1ccc(OC(F)(F)F)cc1)C(=O)N(C)[C@@H](CC(C)(C)C)C(=O)O[C@H](C)C(=O)N(C)[C@@H](CC(C)(C)F)C(=O)O[C@@H](C=O)Cc1ccc(OC(F)(F)F)cc1. The van der Waals surface area contributed by atoms with E-state index in [0.717, 1.165) is 102 Å². The van der Waals surface area contributed by atoms with Crippen LogP contribution in [-0.2, 0) is 70.1 Å². The highest BCUT2D eigenvalue weighted by Crippen LogP contribution is 2.30. The molecule has 0 unspecified atom stereocenters. The van der Waals surface area contributed by atoms with Crippen molar-refractivity contribution in [2.45, 2.75) is 194 Å². The van der Waals surface area contributed by atoms with Crippen molar-refractivity contribution >= 4 is 47.9 Å². The van der Waals surface area contributed by atoms with Gasteiger partial charge in [0.15, 0.2) is 30.7 Å². The van der Waals surface area contributed by atoms with E-state index in [-0.39, 0.29) is 35.7 Å². The number of ether oxygens (including phenoxy) is 6. The van der Waals surface area contributed by atoms with E-state index in [4.69, 9.17) is 18.9 Å². The second-order valence-electron chi connectivity index (χ2n) is 23.6. The van der Waals surface area contributed by atoms with Gasteiger partial charge in [0.05, 0.1) is 0 Å². The van der Waals surface area contributed by atoms with Crippen LogP contribution in [0.4, 0.5) is 35.1 Å². The molecule has 0 aliphatic rings. The Morgan fingerprint density at radius 2 is 0.829 bits per heavy atom. The summed E-state index contributed by atoms with van der Waals surface area (Å²) in [7, 11) is 4.82. The maximum absolute atomic E-state index is 15.6. The van der Waals surface area contributed by atoms with Crippen LogP contribution >= 0.6 is 0 Å². The number of nitrogens with zero attached hydrogens (tertiary/aromatic N) is 3. The lowest BCUT2D eigenvalue weighted by atomic mass is 9.87. The molecule has 3 amide bonds. The van der Waals surface area contributed by atoms with E-state index in [0.29, 0.717) is 11.3 Å². The van der Waals surface area contributed by atoms with Crippen molar-refractivity contribution in [3.05, 3.63) is 59.7 Å². The number of aldehydes is 1. The highest BCUT2D eigenvalue weighted by atomic mass is 19.4. The summed E-state index contributed by atoms with van der Waals surface area (Å²) >= 11 is 0. The van der Waals surface area contributed by atoms with Crippen LogP contribution in [0.25, 0.3) is 0 Å². The number of likely N-dealkylation sites (N-methyl/N-ethyl adjacent to an activating group) is 4. The van der Waals surface area contributed by atoms with Crippen LogP contribution in [0.2, 0.25) is 0 Å². The van der Waals surface area contributed by atoms with Crippen molar-refractivity contribution in [3.8, 4) is 11.5 Å². The largest absolute Gasteiger partial charge is 0.573 e. The number of carbonyl (C=O) groups is 8. The highest BCUT2D eigenvalue weighted by molar-refractivity contribution is 5.93. The molecule has 0 aromatic heterocycles. The van der Waals surface area contributed by atoms with E-state index >= 15 is 8.78 Å². The van der Waals surface area contributed by atoms with E-state index in [1.807, 2.05) is 20.8 Å². The van der Waals surface area contributed by atoms with Crippen LogP contribution in [0, 0.1) is 10.8 Å². The summed E-state index contributed by atoms with van der Waals surface area (Å²) in [6.45, 7) is 17.3. The number of halogens is 8. The van der Waals surface area contributed by atoms with E-state index < -0.39 is 150 Å². The Morgan fingerprint density at radius 1 is 0.488 bits per heavy atom. The monoisotopic (exact) mass is 1180 g/mol. The van der Waals surface area contributed by atoms with Gasteiger partial charge in [-0.2, -0.15) is 0 Å². The maximum Gasteiger partial charge on any atom is 0.573 e. The maximum atomic E-state index is 15.6. The minimum absolute atomic E-state index is 0.0746. The summed E-state index contributed by atoms with van der Waals surface area (Å²) in [6, 6.07) is 2.27. The minimum atomic E-state index is -5.08. The van der Waals surface area contributed by atoms with Crippen LogP contribution in [-0.4, -0.2) is 163 Å². The van der Waals surface area contributed by atoms with Crippen molar-refractivity contribution in [3.63, 3.8) is 0 Å². The fourth-order valence-electron chi connectivity index (χ4n) is 8.27. The standard InChI is InChI=1S/C56H78F8N4O14/c1-32(77-47(73)39(65-13)27-51(3,4)5)44(70)67(15)42(30-54(11,12)58)50(76)80-43(26-35-19-23-37(24-20-35)82-56(62,63)64)46(72)68(16)40(28-52(6,7)8)48(74)78-33(2)45(71)66(14)41(29-53(9,10)57)49(75)79-38(31-69)25-34-17-21-36(22-18-34)81-55(59,60)61/h17-24,31-33,38-43,65H,25-30H2,1-16H3/t32-,33-,38-,39+,40+,41+,42+,43-/m1/s1. The summed E-state index contributed by atoms with van der Waals surface area (Å²) in [5.41, 5.74) is -5.26. The number of benzene rings is 2. The van der Waals surface area contributed by atoms with Gasteiger partial charge in [-0.25, -0.2) is 23.2 Å². The third kappa shape index (κ3) is 25.3. The van der Waals surface area contributed by atoms with Crippen molar-refractivity contribution in [1.82, 2.24) is 20.0 Å². The van der Waals surface area contributed by atoms with Gasteiger partial charge < -0.3 is 48.4 Å². The fraction of sp³-hybridized carbons (Fsp3) is 0.643. The minimum Gasteiger partial charge on any atom is -0.453 e. The number of hydrogen-bond donors (Lipinski definition) is 1. The third-order valence-corrected chi connectivity index (χ3v) is 12.3. The molecule has 0 heterocycles. The molecule has 2 aromatic rings. The summed E-state index contributed by atoms with van der Waals surface area (Å²) in [4.78, 5) is 113. The zero-order chi connectivity index (χ0) is 63.3. The first kappa shape index (κ1) is 71.5. The number of carbonyl (C=O) groups excluding carboxylic acids is 8. The number of nitrogens with one attached hydrogen (secondary N) is 1. The number of amides is 3. The Morgan fingerprint density at radius 3 is 1.18 bits per heavy atom. The number of rotatable bonds is 28. The topological polar surface area (TPSA) is 214 Å². The van der Waals surface area contributed by atoms with Gasteiger partial charge in [0.25, 0.3) is 17.7 Å². The van der Waals surface area contributed by atoms with Crippen LogP contribution in [0.3, 0.4) is 0 Å². The van der Waals surface area contributed by atoms with E-state index in [2.05, 4.69) is 14.8 Å². The normalized spacial score (nSPS) is 15.4. The molecular formula is C56H78F8N4O14. The first-order valence-corrected chi connectivity index (χ1v) is 26.1. The number of hydrogen-bond acceptors (Lipinski definition) is 15. The molecule has 0 aliphatic heterocycles. The number of alkyl halides is 8. The molecule has 0 saturated carbocycles. The first-order valence-electron chi connectivity index (χ1n) is 26.1. The van der Waals surface area contributed by atoms with Crippen molar-refractivity contribution in [2.75, 3.05) is 28.2 Å². The summed E-state index contributed by atoms with van der Waals surface area (Å²) in [5, 5.41) is 2.84. The van der Waals surface area contributed by atoms with Crippen LogP contribution in [0.1, 0.15) is 120 Å². The molecular weight excluding hydrogens is 1100 g/mol.